The van der Waals surface area contributed by atoms with E-state index >= 15 is 0 Å². The molecule has 0 aliphatic rings. The lowest BCUT2D eigenvalue weighted by atomic mass is 10.5. The van der Waals surface area contributed by atoms with E-state index in [1.807, 2.05) is 0 Å². The molecule has 0 amide bonds. The highest BCUT2D eigenvalue weighted by Crippen LogP contribution is 2.14. The molecule has 14 heavy (non-hydrogen) atoms. The second kappa shape index (κ2) is 7.07. The lowest BCUT2D eigenvalue weighted by Crippen LogP contribution is -2.42. The van der Waals surface area contributed by atoms with Crippen LogP contribution in [-0.2, 0) is 23.8 Å². The Hall–Kier alpha value is -0.283. The molecule has 0 saturated heterocycles. The summed E-state index contributed by atoms with van der Waals surface area (Å²) in [7, 11) is -0.334. The molecule has 0 aromatic rings. The molecule has 0 bridgehead atoms. The van der Waals surface area contributed by atoms with Crippen LogP contribution in [0.4, 0.5) is 0 Å². The van der Waals surface area contributed by atoms with Crippen LogP contribution in [0.15, 0.2) is 4.36 Å². The summed E-state index contributed by atoms with van der Waals surface area (Å²) in [6.45, 7) is 0.237. The molecule has 0 aliphatic heterocycles. The number of hydrogen-bond donors (Lipinski definition) is 0. The van der Waals surface area contributed by atoms with Crippen molar-refractivity contribution in [3.63, 3.8) is 0 Å². The molecule has 0 atom stereocenters. The molecular weight excluding hydrogens is 226 g/mol. The maximum atomic E-state index is 10.1. The van der Waals surface area contributed by atoms with Gasteiger partial charge in [0.1, 0.15) is 0 Å². The number of rotatable bonds is 7. The predicted molar refractivity (Wildman–Crippen MR) is 52.4 cm³/mol. The van der Waals surface area contributed by atoms with Crippen LogP contribution < -0.4 is 0 Å². The smallest absolute Gasteiger partial charge is 0.377 e. The van der Waals surface area contributed by atoms with Crippen molar-refractivity contribution in [3.8, 4) is 0 Å². The molecule has 0 heterocycles. The van der Waals surface area contributed by atoms with Crippen LogP contribution in [0.5, 0.6) is 0 Å². The van der Waals surface area contributed by atoms with Gasteiger partial charge in [-0.2, -0.15) is 12.8 Å². The molecule has 0 aromatic carbocycles. The number of hydrogen-bond acceptors (Lipinski definition) is 6. The van der Waals surface area contributed by atoms with E-state index in [4.69, 9.17) is 13.3 Å². The third-order valence-corrected chi connectivity index (χ3v) is 5.00. The summed E-state index contributed by atoms with van der Waals surface area (Å²) in [4.78, 5) is 0. The zero-order chi connectivity index (χ0) is 11.0. The Morgan fingerprint density at radius 1 is 1.14 bits per heavy atom. The Morgan fingerprint density at radius 2 is 1.64 bits per heavy atom. The van der Waals surface area contributed by atoms with Crippen molar-refractivity contribution >= 4 is 19.3 Å². The summed E-state index contributed by atoms with van der Waals surface area (Å²) in [6.07, 6.45) is 0.565. The normalized spacial score (nSPS) is 11.4. The van der Waals surface area contributed by atoms with Crippen LogP contribution >= 0.6 is 0 Å². The Balaban J connectivity index is 4.00. The van der Waals surface area contributed by atoms with Gasteiger partial charge >= 0.3 is 19.3 Å². The van der Waals surface area contributed by atoms with Gasteiger partial charge in [0.2, 0.25) is 0 Å². The molecule has 84 valence electrons. The van der Waals surface area contributed by atoms with E-state index in [1.165, 1.54) is 21.3 Å². The van der Waals surface area contributed by atoms with Gasteiger partial charge in [0, 0.05) is 27.4 Å². The summed E-state index contributed by atoms with van der Waals surface area (Å²) in [5.41, 5.74) is 0. The first kappa shape index (κ1) is 13.7. The Labute approximate surface area is 86.2 Å². The van der Waals surface area contributed by atoms with Crippen molar-refractivity contribution < 1.29 is 21.7 Å². The van der Waals surface area contributed by atoms with Crippen LogP contribution in [0.2, 0.25) is 6.04 Å². The van der Waals surface area contributed by atoms with E-state index in [0.29, 0.717) is 12.5 Å². The maximum absolute atomic E-state index is 10.1. The fourth-order valence-corrected chi connectivity index (χ4v) is 2.97. The van der Waals surface area contributed by atoms with Gasteiger partial charge in [-0.15, -0.1) is 0 Å². The molecule has 0 aliphatic carbocycles. The van der Waals surface area contributed by atoms with Crippen LogP contribution in [-0.4, -0.2) is 45.1 Å². The molecule has 0 spiro atoms. The molecule has 6 nitrogen and oxygen atoms in total. The van der Waals surface area contributed by atoms with E-state index in [2.05, 4.69) is 4.36 Å². The Bertz CT molecular complexity index is 258. The second-order valence-electron chi connectivity index (χ2n) is 2.47. The van der Waals surface area contributed by atoms with E-state index in [-0.39, 0.29) is 6.54 Å². The standard InChI is InChI=1S/C6H15NO5SSi/c1-10-14(11-2,12-3)6-4-5-7-13(8)9/h4-6H2,1-3H3. The first-order valence-corrected chi connectivity index (χ1v) is 6.99. The van der Waals surface area contributed by atoms with Gasteiger partial charge in [0.25, 0.3) is 0 Å². The SMILES string of the molecule is CO[Si](CCCN=S(=O)=O)(OC)OC. The molecule has 0 saturated carbocycles. The van der Waals surface area contributed by atoms with Gasteiger partial charge in [-0.05, 0) is 6.42 Å². The largest absolute Gasteiger partial charge is 0.500 e. The highest BCUT2D eigenvalue weighted by atomic mass is 32.2. The highest BCUT2D eigenvalue weighted by Gasteiger charge is 2.36. The minimum atomic E-state index is -2.55. The topological polar surface area (TPSA) is 74.2 Å². The number of nitrogens with zero attached hydrogens (tertiary/aromatic N) is 1. The average Bonchev–Trinajstić information content (AvgIpc) is 2.19. The zero-order valence-electron chi connectivity index (χ0n) is 8.52. The molecule has 0 aromatic heterocycles. The van der Waals surface area contributed by atoms with Crippen molar-refractivity contribution in [3.05, 3.63) is 0 Å². The molecule has 0 N–H and O–H groups in total. The summed E-state index contributed by atoms with van der Waals surface area (Å²) in [6, 6.07) is 0.553. The molecule has 0 radical (unpaired) electrons. The monoisotopic (exact) mass is 241 g/mol. The van der Waals surface area contributed by atoms with Crippen LogP contribution in [0.3, 0.4) is 0 Å². The fraction of sp³-hybridized carbons (Fsp3) is 1.00. The van der Waals surface area contributed by atoms with Crippen LogP contribution in [0.1, 0.15) is 6.42 Å². The van der Waals surface area contributed by atoms with Crippen LogP contribution in [0, 0.1) is 0 Å². The van der Waals surface area contributed by atoms with Gasteiger partial charge in [-0.25, -0.2) is 0 Å². The fourth-order valence-electron chi connectivity index (χ4n) is 0.991. The van der Waals surface area contributed by atoms with E-state index < -0.39 is 19.3 Å². The summed E-state index contributed by atoms with van der Waals surface area (Å²) < 4.78 is 38.9. The molecule has 0 rings (SSSR count). The molecule has 0 fully saturated rings. The summed E-state index contributed by atoms with van der Waals surface area (Å²) in [5, 5.41) is 0. The van der Waals surface area contributed by atoms with E-state index in [1.54, 1.807) is 0 Å². The van der Waals surface area contributed by atoms with Gasteiger partial charge in [0.05, 0.1) is 6.54 Å². The minimum Gasteiger partial charge on any atom is -0.377 e. The molecule has 8 heteroatoms. The van der Waals surface area contributed by atoms with Crippen LogP contribution in [0.25, 0.3) is 0 Å². The minimum absolute atomic E-state index is 0.237. The van der Waals surface area contributed by atoms with Gasteiger partial charge in [-0.3, -0.25) is 0 Å². The van der Waals surface area contributed by atoms with Crippen molar-refractivity contribution in [2.24, 2.45) is 4.36 Å². The molecular formula is C6H15NO5SSi. The maximum Gasteiger partial charge on any atom is 0.500 e. The predicted octanol–water partition coefficient (Wildman–Crippen LogP) is 0.317. The third-order valence-electron chi connectivity index (χ3n) is 1.77. The first-order chi connectivity index (χ1) is 6.60. The lowest BCUT2D eigenvalue weighted by Gasteiger charge is -2.23. The quantitative estimate of drug-likeness (QED) is 0.474. The van der Waals surface area contributed by atoms with Crippen molar-refractivity contribution in [1.29, 1.82) is 0 Å². The second-order valence-corrected chi connectivity index (χ2v) is 6.25. The van der Waals surface area contributed by atoms with Crippen molar-refractivity contribution in [2.45, 2.75) is 12.5 Å². The third kappa shape index (κ3) is 4.82. The summed E-state index contributed by atoms with van der Waals surface area (Å²) in [5.74, 6) is 0. The van der Waals surface area contributed by atoms with Crippen molar-refractivity contribution in [2.75, 3.05) is 27.9 Å². The Kier molecular flexibility index (Phi) is 6.92. The summed E-state index contributed by atoms with van der Waals surface area (Å²) >= 11 is 0. The highest BCUT2D eigenvalue weighted by molar-refractivity contribution is 7.61. The molecule has 0 unspecified atom stereocenters. The van der Waals surface area contributed by atoms with Gasteiger partial charge in [-0.1, -0.05) is 0 Å². The van der Waals surface area contributed by atoms with Gasteiger partial charge < -0.3 is 13.3 Å². The Morgan fingerprint density at radius 3 is 2.00 bits per heavy atom. The van der Waals surface area contributed by atoms with Gasteiger partial charge in [0.15, 0.2) is 0 Å². The van der Waals surface area contributed by atoms with Crippen molar-refractivity contribution in [1.82, 2.24) is 0 Å². The lowest BCUT2D eigenvalue weighted by molar-refractivity contribution is 0.123. The zero-order valence-corrected chi connectivity index (χ0v) is 10.3. The first-order valence-electron chi connectivity index (χ1n) is 4.02. The van der Waals surface area contributed by atoms with E-state index in [9.17, 15) is 8.42 Å². The van der Waals surface area contributed by atoms with E-state index in [0.717, 1.165) is 0 Å². The average molecular weight is 241 g/mol.